The zero-order valence-electron chi connectivity index (χ0n) is 17.0. The fraction of sp³-hybridized carbons (Fsp3) is 0.909. The van der Waals surface area contributed by atoms with Crippen molar-refractivity contribution >= 4 is 11.9 Å². The Morgan fingerprint density at radius 3 is 1.96 bits per heavy atom. The van der Waals surface area contributed by atoms with Gasteiger partial charge in [0, 0.05) is 0 Å². The first-order valence-corrected chi connectivity index (χ1v) is 10.9. The Morgan fingerprint density at radius 2 is 1.42 bits per heavy atom. The maximum absolute atomic E-state index is 12.6. The van der Waals surface area contributed by atoms with Gasteiger partial charge in [0.15, 0.2) is 0 Å². The van der Waals surface area contributed by atoms with Crippen LogP contribution < -0.4 is 0 Å². The van der Waals surface area contributed by atoms with Gasteiger partial charge in [-0.3, -0.25) is 9.59 Å². The van der Waals surface area contributed by atoms with E-state index >= 15 is 0 Å². The van der Waals surface area contributed by atoms with Crippen LogP contribution in [0.25, 0.3) is 0 Å². The lowest BCUT2D eigenvalue weighted by molar-refractivity contribution is -0.171. The summed E-state index contributed by atoms with van der Waals surface area (Å²) in [7, 11) is 0. The van der Waals surface area contributed by atoms with Gasteiger partial charge < -0.3 is 10.2 Å². The summed E-state index contributed by atoms with van der Waals surface area (Å²) in [6.45, 7) is 4.32. The number of carboxylic acid groups (broad SMARTS) is 2. The zero-order chi connectivity index (χ0) is 19.5. The van der Waals surface area contributed by atoms with E-state index in [1.54, 1.807) is 0 Å². The van der Waals surface area contributed by atoms with Crippen LogP contribution in [0.1, 0.15) is 117 Å². The van der Waals surface area contributed by atoms with Crippen LogP contribution in [0.5, 0.6) is 0 Å². The first-order valence-electron chi connectivity index (χ1n) is 10.9. The molecule has 4 nitrogen and oxygen atoms in total. The van der Waals surface area contributed by atoms with E-state index in [4.69, 9.17) is 0 Å². The SMILES string of the molecule is CCCCCCCC(CC(=O)O)(C(=O)O)C1(CCCCC)CCCCC1. The van der Waals surface area contributed by atoms with Gasteiger partial charge in [-0.1, -0.05) is 84.5 Å². The Kier molecular flexibility index (Phi) is 10.3. The van der Waals surface area contributed by atoms with Crippen molar-refractivity contribution in [2.75, 3.05) is 0 Å². The van der Waals surface area contributed by atoms with Crippen LogP contribution in [0.2, 0.25) is 0 Å². The van der Waals surface area contributed by atoms with Crippen molar-refractivity contribution in [3.63, 3.8) is 0 Å². The number of aliphatic carboxylic acids is 2. The van der Waals surface area contributed by atoms with Gasteiger partial charge in [-0.15, -0.1) is 0 Å². The third kappa shape index (κ3) is 5.99. The number of carbonyl (C=O) groups is 2. The van der Waals surface area contributed by atoms with E-state index in [-0.39, 0.29) is 11.8 Å². The largest absolute Gasteiger partial charge is 0.481 e. The van der Waals surface area contributed by atoms with Gasteiger partial charge in [-0.05, 0) is 31.1 Å². The molecule has 4 heteroatoms. The van der Waals surface area contributed by atoms with Crippen molar-refractivity contribution in [3.05, 3.63) is 0 Å². The van der Waals surface area contributed by atoms with Crippen LogP contribution in [0.15, 0.2) is 0 Å². The second kappa shape index (κ2) is 11.6. The third-order valence-electron chi connectivity index (χ3n) is 6.65. The summed E-state index contributed by atoms with van der Waals surface area (Å²) in [5, 5.41) is 19.9. The Bertz CT molecular complexity index is 426. The summed E-state index contributed by atoms with van der Waals surface area (Å²) >= 11 is 0. The molecule has 1 unspecified atom stereocenters. The number of hydrogen-bond donors (Lipinski definition) is 2. The second-order valence-electron chi connectivity index (χ2n) is 8.42. The lowest BCUT2D eigenvalue weighted by Gasteiger charge is -2.50. The molecule has 1 atom stereocenters. The Balaban J connectivity index is 3.09. The quantitative estimate of drug-likeness (QED) is 0.347. The lowest BCUT2D eigenvalue weighted by Crippen LogP contribution is -2.50. The van der Waals surface area contributed by atoms with Crippen molar-refractivity contribution in [1.29, 1.82) is 0 Å². The number of unbranched alkanes of at least 4 members (excludes halogenated alkanes) is 6. The molecule has 1 aliphatic carbocycles. The van der Waals surface area contributed by atoms with Crippen LogP contribution >= 0.6 is 0 Å². The minimum Gasteiger partial charge on any atom is -0.481 e. The molecule has 0 radical (unpaired) electrons. The van der Waals surface area contributed by atoms with Crippen molar-refractivity contribution in [2.45, 2.75) is 117 Å². The molecule has 0 bridgehead atoms. The molecular weight excluding hydrogens is 328 g/mol. The van der Waals surface area contributed by atoms with Gasteiger partial charge in [0.1, 0.15) is 0 Å². The molecule has 152 valence electrons. The fourth-order valence-electron chi connectivity index (χ4n) is 5.15. The average Bonchev–Trinajstić information content (AvgIpc) is 2.61. The number of rotatable bonds is 14. The molecule has 1 fully saturated rings. The summed E-state index contributed by atoms with van der Waals surface area (Å²) in [5.41, 5.74) is -1.44. The third-order valence-corrected chi connectivity index (χ3v) is 6.65. The van der Waals surface area contributed by atoms with Crippen LogP contribution in [-0.4, -0.2) is 22.2 Å². The molecular formula is C22H40O4. The van der Waals surface area contributed by atoms with Crippen molar-refractivity contribution in [2.24, 2.45) is 10.8 Å². The van der Waals surface area contributed by atoms with E-state index < -0.39 is 17.4 Å². The van der Waals surface area contributed by atoms with E-state index in [0.717, 1.165) is 83.5 Å². The molecule has 0 saturated heterocycles. The fourth-order valence-corrected chi connectivity index (χ4v) is 5.15. The first-order chi connectivity index (χ1) is 12.4. The molecule has 2 N–H and O–H groups in total. The molecule has 0 amide bonds. The van der Waals surface area contributed by atoms with E-state index in [1.807, 2.05) is 0 Å². The highest BCUT2D eigenvalue weighted by molar-refractivity contribution is 5.82. The highest BCUT2D eigenvalue weighted by Gasteiger charge is 2.56. The summed E-state index contributed by atoms with van der Waals surface area (Å²) in [4.78, 5) is 24.3. The van der Waals surface area contributed by atoms with E-state index in [1.165, 1.54) is 6.42 Å². The van der Waals surface area contributed by atoms with Crippen LogP contribution in [0.3, 0.4) is 0 Å². The summed E-state index contributed by atoms with van der Waals surface area (Å²) in [5.74, 6) is -1.82. The highest BCUT2D eigenvalue weighted by Crippen LogP contribution is 2.57. The zero-order valence-corrected chi connectivity index (χ0v) is 17.0. The molecule has 0 aromatic heterocycles. The summed E-state index contributed by atoms with van der Waals surface area (Å²) in [6.07, 6.45) is 14.6. The predicted molar refractivity (Wildman–Crippen MR) is 105 cm³/mol. The first kappa shape index (κ1) is 23.0. The van der Waals surface area contributed by atoms with E-state index in [9.17, 15) is 19.8 Å². The van der Waals surface area contributed by atoms with Gasteiger partial charge in [0.25, 0.3) is 0 Å². The summed E-state index contributed by atoms with van der Waals surface area (Å²) in [6, 6.07) is 0. The molecule has 1 saturated carbocycles. The smallest absolute Gasteiger partial charge is 0.310 e. The molecule has 1 rings (SSSR count). The minimum absolute atomic E-state index is 0.220. The maximum Gasteiger partial charge on any atom is 0.310 e. The normalized spacial score (nSPS) is 19.0. The molecule has 0 aromatic carbocycles. The van der Waals surface area contributed by atoms with Gasteiger partial charge in [-0.25, -0.2) is 0 Å². The Hall–Kier alpha value is -1.06. The van der Waals surface area contributed by atoms with Crippen molar-refractivity contribution in [1.82, 2.24) is 0 Å². The molecule has 1 aliphatic rings. The minimum atomic E-state index is -1.10. The number of carboxylic acids is 2. The topological polar surface area (TPSA) is 74.6 Å². The van der Waals surface area contributed by atoms with Gasteiger partial charge in [-0.2, -0.15) is 0 Å². The molecule has 0 spiro atoms. The van der Waals surface area contributed by atoms with Crippen molar-refractivity contribution in [3.8, 4) is 0 Å². The lowest BCUT2D eigenvalue weighted by atomic mass is 9.52. The Morgan fingerprint density at radius 1 is 0.846 bits per heavy atom. The van der Waals surface area contributed by atoms with Gasteiger partial charge in [0.2, 0.25) is 0 Å². The second-order valence-corrected chi connectivity index (χ2v) is 8.42. The number of hydrogen-bond acceptors (Lipinski definition) is 2. The van der Waals surface area contributed by atoms with Crippen LogP contribution in [0, 0.1) is 10.8 Å². The maximum atomic E-state index is 12.6. The van der Waals surface area contributed by atoms with Crippen LogP contribution in [0.4, 0.5) is 0 Å². The van der Waals surface area contributed by atoms with Gasteiger partial charge >= 0.3 is 11.9 Å². The Labute approximate surface area is 159 Å². The van der Waals surface area contributed by atoms with Crippen LogP contribution in [-0.2, 0) is 9.59 Å². The monoisotopic (exact) mass is 368 g/mol. The van der Waals surface area contributed by atoms with Crippen molar-refractivity contribution < 1.29 is 19.8 Å². The standard InChI is InChI=1S/C22H40O4/c1-3-5-7-8-13-17-22(20(25)26,18-19(23)24)21(14-10-6-4-2)15-11-9-12-16-21/h3-18H2,1-2H3,(H,23,24)(H,25,26). The molecule has 0 heterocycles. The summed E-state index contributed by atoms with van der Waals surface area (Å²) < 4.78 is 0. The average molecular weight is 369 g/mol. The molecule has 0 aromatic rings. The van der Waals surface area contributed by atoms with E-state index in [0.29, 0.717) is 6.42 Å². The highest BCUT2D eigenvalue weighted by atomic mass is 16.4. The predicted octanol–water partition coefficient (Wildman–Crippen LogP) is 6.42. The van der Waals surface area contributed by atoms with E-state index in [2.05, 4.69) is 13.8 Å². The molecule has 26 heavy (non-hydrogen) atoms. The van der Waals surface area contributed by atoms with Gasteiger partial charge in [0.05, 0.1) is 11.8 Å². The molecule has 0 aliphatic heterocycles.